The highest BCUT2D eigenvalue weighted by Crippen LogP contribution is 2.15. The van der Waals surface area contributed by atoms with Crippen molar-refractivity contribution in [2.75, 3.05) is 18.2 Å². The lowest BCUT2D eigenvalue weighted by atomic mass is 10.2. The van der Waals surface area contributed by atoms with Gasteiger partial charge >= 0.3 is 6.09 Å². The molecule has 1 fully saturated rings. The molecule has 1 saturated heterocycles. The maximum Gasteiger partial charge on any atom is 0.426 e. The summed E-state index contributed by atoms with van der Waals surface area (Å²) in [5.74, 6) is 0. The van der Waals surface area contributed by atoms with Crippen LogP contribution in [0.3, 0.4) is 0 Å². The number of carbonyl (C=O) groups is 1. The Morgan fingerprint density at radius 3 is 3.13 bits per heavy atom. The van der Waals surface area contributed by atoms with E-state index in [0.717, 1.165) is 5.69 Å². The van der Waals surface area contributed by atoms with Gasteiger partial charge in [-0.2, -0.15) is 5.26 Å². The second kappa shape index (κ2) is 3.88. The van der Waals surface area contributed by atoms with Gasteiger partial charge in [-0.25, -0.2) is 10.2 Å². The molecule has 15 heavy (non-hydrogen) atoms. The van der Waals surface area contributed by atoms with Gasteiger partial charge in [-0.3, -0.25) is 5.01 Å². The smallest absolute Gasteiger partial charge is 0.426 e. The van der Waals surface area contributed by atoms with Crippen LogP contribution < -0.4 is 10.4 Å². The average molecular weight is 203 g/mol. The molecular weight excluding hydrogens is 194 g/mol. The van der Waals surface area contributed by atoms with Crippen LogP contribution >= 0.6 is 0 Å². The molecule has 5 heteroatoms. The summed E-state index contributed by atoms with van der Waals surface area (Å²) in [4.78, 5) is 11.0. The number of hydrazine groups is 1. The summed E-state index contributed by atoms with van der Waals surface area (Å²) in [5, 5.41) is 10.4. The number of ether oxygens (including phenoxy) is 1. The maximum absolute atomic E-state index is 11.0. The van der Waals surface area contributed by atoms with Crippen molar-refractivity contribution in [2.24, 2.45) is 0 Å². The van der Waals surface area contributed by atoms with Crippen LogP contribution in [0.5, 0.6) is 0 Å². The number of amides is 1. The van der Waals surface area contributed by atoms with E-state index in [0.29, 0.717) is 18.7 Å². The molecule has 0 aromatic heterocycles. The number of anilines is 1. The van der Waals surface area contributed by atoms with Gasteiger partial charge in [0.1, 0.15) is 6.61 Å². The van der Waals surface area contributed by atoms with E-state index in [1.165, 1.54) is 0 Å². The third kappa shape index (κ3) is 1.99. The Hall–Kier alpha value is -2.22. The highest BCUT2D eigenvalue weighted by Gasteiger charge is 2.16. The minimum Gasteiger partial charge on any atom is -0.446 e. The lowest BCUT2D eigenvalue weighted by molar-refractivity contribution is 0.132. The number of hydrogen-bond acceptors (Lipinski definition) is 4. The van der Waals surface area contributed by atoms with Crippen molar-refractivity contribution in [3.63, 3.8) is 0 Å². The van der Waals surface area contributed by atoms with Gasteiger partial charge in [0, 0.05) is 0 Å². The zero-order valence-electron chi connectivity index (χ0n) is 7.93. The summed E-state index contributed by atoms with van der Waals surface area (Å²) in [6, 6.07) is 9.07. The van der Waals surface area contributed by atoms with Crippen LogP contribution in [-0.2, 0) is 4.74 Å². The Morgan fingerprint density at radius 2 is 2.40 bits per heavy atom. The lowest BCUT2D eigenvalue weighted by Gasteiger charge is -2.28. The fourth-order valence-electron chi connectivity index (χ4n) is 1.36. The minimum absolute atomic E-state index is 0.350. The van der Waals surface area contributed by atoms with E-state index < -0.39 is 6.09 Å². The van der Waals surface area contributed by atoms with Crippen molar-refractivity contribution >= 4 is 11.8 Å². The Balaban J connectivity index is 2.21. The van der Waals surface area contributed by atoms with Gasteiger partial charge in [0.05, 0.1) is 23.9 Å². The first-order valence-electron chi connectivity index (χ1n) is 4.51. The first kappa shape index (κ1) is 9.34. The molecule has 2 rings (SSSR count). The van der Waals surface area contributed by atoms with E-state index in [-0.39, 0.29) is 0 Å². The zero-order chi connectivity index (χ0) is 10.7. The number of carbonyl (C=O) groups excluding carboxylic acids is 1. The van der Waals surface area contributed by atoms with Gasteiger partial charge in [0.15, 0.2) is 0 Å². The number of hydrogen-bond donors (Lipinski definition) is 1. The summed E-state index contributed by atoms with van der Waals surface area (Å²) in [7, 11) is 0. The number of cyclic esters (lactones) is 1. The molecule has 0 aliphatic carbocycles. The van der Waals surface area contributed by atoms with Crippen molar-refractivity contribution in [1.82, 2.24) is 5.43 Å². The topological polar surface area (TPSA) is 65.4 Å². The fourth-order valence-corrected chi connectivity index (χ4v) is 1.36. The number of rotatable bonds is 1. The molecule has 0 unspecified atom stereocenters. The summed E-state index contributed by atoms with van der Waals surface area (Å²) in [5.41, 5.74) is 3.89. The molecule has 1 aromatic carbocycles. The van der Waals surface area contributed by atoms with Crippen LogP contribution in [0.15, 0.2) is 24.3 Å². The molecule has 76 valence electrons. The van der Waals surface area contributed by atoms with Crippen LogP contribution in [-0.4, -0.2) is 19.2 Å². The minimum atomic E-state index is -0.469. The molecule has 0 radical (unpaired) electrons. The Morgan fingerprint density at radius 1 is 1.53 bits per heavy atom. The number of nitrogens with one attached hydrogen (secondary N) is 1. The third-order valence-electron chi connectivity index (χ3n) is 2.06. The third-order valence-corrected chi connectivity index (χ3v) is 2.06. The molecule has 1 aliphatic rings. The van der Waals surface area contributed by atoms with Gasteiger partial charge in [0.2, 0.25) is 0 Å². The van der Waals surface area contributed by atoms with E-state index >= 15 is 0 Å². The maximum atomic E-state index is 11.0. The van der Waals surface area contributed by atoms with Crippen molar-refractivity contribution in [2.45, 2.75) is 0 Å². The normalized spacial score (nSPS) is 15.1. The number of nitriles is 1. The Kier molecular flexibility index (Phi) is 2.42. The quantitative estimate of drug-likeness (QED) is 0.740. The predicted molar refractivity (Wildman–Crippen MR) is 53.0 cm³/mol. The van der Waals surface area contributed by atoms with E-state index in [9.17, 15) is 4.79 Å². The van der Waals surface area contributed by atoms with Crippen LogP contribution in [0.25, 0.3) is 0 Å². The molecular formula is C10H9N3O2. The molecule has 1 aromatic rings. The van der Waals surface area contributed by atoms with Gasteiger partial charge in [-0.15, -0.1) is 0 Å². The van der Waals surface area contributed by atoms with Crippen molar-refractivity contribution in [3.8, 4) is 6.07 Å². The Labute approximate surface area is 86.8 Å². The predicted octanol–water partition coefficient (Wildman–Crippen LogP) is 1.02. The van der Waals surface area contributed by atoms with E-state index in [1.807, 2.05) is 12.1 Å². The van der Waals surface area contributed by atoms with Crippen LogP contribution in [0.4, 0.5) is 10.5 Å². The van der Waals surface area contributed by atoms with Crippen molar-refractivity contribution in [3.05, 3.63) is 29.8 Å². The van der Waals surface area contributed by atoms with E-state index in [4.69, 9.17) is 10.00 Å². The monoisotopic (exact) mass is 203 g/mol. The molecule has 1 N–H and O–H groups in total. The van der Waals surface area contributed by atoms with Crippen molar-refractivity contribution in [1.29, 1.82) is 5.26 Å². The number of benzene rings is 1. The molecule has 5 nitrogen and oxygen atoms in total. The molecule has 0 bridgehead atoms. The zero-order valence-corrected chi connectivity index (χ0v) is 7.93. The fraction of sp³-hybridized carbons (Fsp3) is 0.200. The SMILES string of the molecule is N#Cc1cccc(N2CCOC(=O)N2)c1. The van der Waals surface area contributed by atoms with Crippen molar-refractivity contribution < 1.29 is 9.53 Å². The standard InChI is InChI=1S/C10H9N3O2/c11-7-8-2-1-3-9(6-8)13-4-5-15-10(14)12-13/h1-3,6H,4-5H2,(H,12,14). The first-order valence-corrected chi connectivity index (χ1v) is 4.51. The number of nitrogens with zero attached hydrogens (tertiary/aromatic N) is 2. The first-order chi connectivity index (χ1) is 7.29. The summed E-state index contributed by atoms with van der Waals surface area (Å²) in [6.45, 7) is 0.920. The van der Waals surface area contributed by atoms with Crippen LogP contribution in [0, 0.1) is 11.3 Å². The average Bonchev–Trinajstić information content (AvgIpc) is 2.29. The molecule has 1 aliphatic heterocycles. The molecule has 0 saturated carbocycles. The highest BCUT2D eigenvalue weighted by molar-refractivity contribution is 5.71. The van der Waals surface area contributed by atoms with Crippen LogP contribution in [0.2, 0.25) is 0 Å². The second-order valence-electron chi connectivity index (χ2n) is 3.06. The Bertz CT molecular complexity index is 425. The molecule has 1 amide bonds. The van der Waals surface area contributed by atoms with Gasteiger partial charge in [0.25, 0.3) is 0 Å². The molecule has 0 spiro atoms. The lowest BCUT2D eigenvalue weighted by Crippen LogP contribution is -2.49. The van der Waals surface area contributed by atoms with E-state index in [2.05, 4.69) is 5.43 Å². The van der Waals surface area contributed by atoms with Gasteiger partial charge < -0.3 is 4.74 Å². The summed E-state index contributed by atoms with van der Waals surface area (Å²) >= 11 is 0. The van der Waals surface area contributed by atoms with Crippen LogP contribution in [0.1, 0.15) is 5.56 Å². The second-order valence-corrected chi connectivity index (χ2v) is 3.06. The summed E-state index contributed by atoms with van der Waals surface area (Å²) in [6.07, 6.45) is -0.469. The van der Waals surface area contributed by atoms with E-state index in [1.54, 1.807) is 23.2 Å². The molecule has 0 atom stereocenters. The largest absolute Gasteiger partial charge is 0.446 e. The van der Waals surface area contributed by atoms with Gasteiger partial charge in [-0.1, -0.05) is 6.07 Å². The van der Waals surface area contributed by atoms with Gasteiger partial charge in [-0.05, 0) is 18.2 Å². The summed E-state index contributed by atoms with van der Waals surface area (Å²) < 4.78 is 4.73. The highest BCUT2D eigenvalue weighted by atomic mass is 16.6. The molecule has 1 heterocycles.